The first-order valence-electron chi connectivity index (χ1n) is 5.34. The van der Waals surface area contributed by atoms with E-state index in [1.54, 1.807) is 18.6 Å². The number of nitrogens with zero attached hydrogens (tertiary/aromatic N) is 4. The summed E-state index contributed by atoms with van der Waals surface area (Å²) >= 11 is 0. The molecule has 2 heterocycles. The number of hydrogen-bond donors (Lipinski definition) is 1. The molecule has 6 heteroatoms. The molecule has 0 aliphatic heterocycles. The molecule has 0 bridgehead atoms. The molecular weight excluding hydrogens is 218 g/mol. The Kier molecular flexibility index (Phi) is 2.89. The van der Waals surface area contributed by atoms with Crippen molar-refractivity contribution in [3.05, 3.63) is 24.5 Å². The van der Waals surface area contributed by atoms with Gasteiger partial charge in [0.1, 0.15) is 5.69 Å². The van der Waals surface area contributed by atoms with Crippen LogP contribution in [0, 0.1) is 5.41 Å². The van der Waals surface area contributed by atoms with Crippen LogP contribution in [0.15, 0.2) is 23.1 Å². The molecule has 2 aromatic heterocycles. The third-order valence-corrected chi connectivity index (χ3v) is 2.43. The second-order valence-corrected chi connectivity index (χ2v) is 4.89. The van der Waals surface area contributed by atoms with Crippen LogP contribution in [-0.4, -0.2) is 20.1 Å². The minimum atomic E-state index is -0.305. The second-order valence-electron chi connectivity index (χ2n) is 4.89. The monoisotopic (exact) mass is 233 g/mol. The van der Waals surface area contributed by atoms with Crippen molar-refractivity contribution >= 4 is 0 Å². The predicted octanol–water partition coefficient (Wildman–Crippen LogP) is 1.57. The lowest BCUT2D eigenvalue weighted by molar-refractivity contribution is 0.253. The van der Waals surface area contributed by atoms with Crippen molar-refractivity contribution in [2.75, 3.05) is 0 Å². The summed E-state index contributed by atoms with van der Waals surface area (Å²) in [4.78, 5) is 12.3. The molecule has 2 rings (SSSR count). The summed E-state index contributed by atoms with van der Waals surface area (Å²) in [6, 6.07) is -0.305. The van der Waals surface area contributed by atoms with Crippen molar-refractivity contribution in [2.24, 2.45) is 11.1 Å². The summed E-state index contributed by atoms with van der Waals surface area (Å²) in [5.41, 5.74) is 6.47. The van der Waals surface area contributed by atoms with E-state index >= 15 is 0 Å². The zero-order valence-electron chi connectivity index (χ0n) is 10.1. The van der Waals surface area contributed by atoms with Crippen molar-refractivity contribution in [3.63, 3.8) is 0 Å². The Morgan fingerprint density at radius 3 is 2.65 bits per heavy atom. The van der Waals surface area contributed by atoms with Gasteiger partial charge < -0.3 is 10.3 Å². The summed E-state index contributed by atoms with van der Waals surface area (Å²) in [6.07, 6.45) is 4.75. The summed E-state index contributed by atoms with van der Waals surface area (Å²) in [5, 5.41) is 3.85. The average Bonchev–Trinajstić information content (AvgIpc) is 2.77. The van der Waals surface area contributed by atoms with Crippen molar-refractivity contribution in [3.8, 4) is 11.5 Å². The van der Waals surface area contributed by atoms with E-state index in [-0.39, 0.29) is 11.5 Å². The minimum absolute atomic E-state index is 0.133. The third kappa shape index (κ3) is 2.47. The van der Waals surface area contributed by atoms with Gasteiger partial charge >= 0.3 is 0 Å². The van der Waals surface area contributed by atoms with Crippen LogP contribution in [0.25, 0.3) is 11.5 Å². The number of nitrogens with two attached hydrogens (primary N) is 1. The fourth-order valence-corrected chi connectivity index (χ4v) is 1.25. The largest absolute Gasteiger partial charge is 0.337 e. The third-order valence-electron chi connectivity index (χ3n) is 2.43. The lowest BCUT2D eigenvalue weighted by Gasteiger charge is -2.23. The zero-order valence-corrected chi connectivity index (χ0v) is 10.1. The molecule has 17 heavy (non-hydrogen) atoms. The van der Waals surface area contributed by atoms with E-state index in [1.165, 1.54) is 0 Å². The fraction of sp³-hybridized carbons (Fsp3) is 0.455. The molecule has 1 atom stereocenters. The van der Waals surface area contributed by atoms with Gasteiger partial charge in [0, 0.05) is 12.4 Å². The Labute approximate surface area is 99.3 Å². The van der Waals surface area contributed by atoms with Gasteiger partial charge in [-0.05, 0) is 5.41 Å². The topological polar surface area (TPSA) is 90.7 Å². The van der Waals surface area contributed by atoms with Gasteiger partial charge in [-0.25, -0.2) is 4.98 Å². The molecule has 0 fully saturated rings. The van der Waals surface area contributed by atoms with Crippen LogP contribution in [-0.2, 0) is 0 Å². The lowest BCUT2D eigenvalue weighted by atomic mass is 9.87. The molecule has 0 saturated carbocycles. The number of hydrogen-bond acceptors (Lipinski definition) is 6. The summed E-state index contributed by atoms with van der Waals surface area (Å²) < 4.78 is 5.15. The molecule has 0 amide bonds. The predicted molar refractivity (Wildman–Crippen MR) is 61.7 cm³/mol. The van der Waals surface area contributed by atoms with E-state index in [4.69, 9.17) is 10.3 Å². The van der Waals surface area contributed by atoms with Crippen LogP contribution >= 0.6 is 0 Å². The highest BCUT2D eigenvalue weighted by Gasteiger charge is 2.27. The molecule has 0 spiro atoms. The molecule has 2 aromatic rings. The Balaban J connectivity index is 2.28. The van der Waals surface area contributed by atoms with Gasteiger partial charge in [-0.1, -0.05) is 25.9 Å². The second kappa shape index (κ2) is 4.21. The van der Waals surface area contributed by atoms with Gasteiger partial charge in [-0.3, -0.25) is 4.98 Å². The maximum atomic E-state index is 6.03. The molecule has 2 N–H and O–H groups in total. The van der Waals surface area contributed by atoms with E-state index in [9.17, 15) is 0 Å². The number of aromatic nitrogens is 4. The van der Waals surface area contributed by atoms with Crippen LogP contribution in [0.5, 0.6) is 0 Å². The molecule has 0 radical (unpaired) electrons. The Morgan fingerprint density at radius 2 is 2.06 bits per heavy atom. The smallest absolute Gasteiger partial charge is 0.244 e. The minimum Gasteiger partial charge on any atom is -0.337 e. The lowest BCUT2D eigenvalue weighted by Crippen LogP contribution is -2.26. The van der Waals surface area contributed by atoms with Gasteiger partial charge in [-0.2, -0.15) is 4.98 Å². The van der Waals surface area contributed by atoms with Gasteiger partial charge in [0.2, 0.25) is 11.7 Å². The van der Waals surface area contributed by atoms with E-state index in [0.717, 1.165) is 0 Å². The Hall–Kier alpha value is -1.82. The van der Waals surface area contributed by atoms with Crippen molar-refractivity contribution in [1.29, 1.82) is 0 Å². The summed E-state index contributed by atoms with van der Waals surface area (Å²) in [5.74, 6) is 0.825. The first kappa shape index (κ1) is 11.7. The van der Waals surface area contributed by atoms with Crippen LogP contribution in [0.3, 0.4) is 0 Å². The van der Waals surface area contributed by atoms with Crippen molar-refractivity contribution in [1.82, 2.24) is 20.1 Å². The van der Waals surface area contributed by atoms with Gasteiger partial charge in [0.25, 0.3) is 0 Å². The van der Waals surface area contributed by atoms with Crippen LogP contribution in [0.1, 0.15) is 32.7 Å². The normalized spacial score (nSPS) is 13.6. The standard InChI is InChI=1S/C11H15N5O/c1-11(2,3)8(12)10-15-9(16-17-10)7-6-13-4-5-14-7/h4-6,8H,12H2,1-3H3. The summed E-state index contributed by atoms with van der Waals surface area (Å²) in [6.45, 7) is 6.05. The highest BCUT2D eigenvalue weighted by atomic mass is 16.5. The average molecular weight is 233 g/mol. The van der Waals surface area contributed by atoms with E-state index < -0.39 is 0 Å². The molecule has 90 valence electrons. The highest BCUT2D eigenvalue weighted by Crippen LogP contribution is 2.29. The van der Waals surface area contributed by atoms with E-state index in [1.807, 2.05) is 20.8 Å². The molecule has 0 aliphatic carbocycles. The van der Waals surface area contributed by atoms with Crippen LogP contribution < -0.4 is 5.73 Å². The van der Waals surface area contributed by atoms with Gasteiger partial charge in [0.15, 0.2) is 0 Å². The van der Waals surface area contributed by atoms with Gasteiger partial charge in [0.05, 0.1) is 12.2 Å². The quantitative estimate of drug-likeness (QED) is 0.846. The van der Waals surface area contributed by atoms with Crippen molar-refractivity contribution < 1.29 is 4.52 Å². The SMILES string of the molecule is CC(C)(C)C(N)c1nc(-c2cnccn2)no1. The molecule has 0 aliphatic rings. The van der Waals surface area contributed by atoms with Gasteiger partial charge in [-0.15, -0.1) is 0 Å². The van der Waals surface area contributed by atoms with E-state index in [0.29, 0.717) is 17.4 Å². The molecule has 0 saturated heterocycles. The fourth-order valence-electron chi connectivity index (χ4n) is 1.25. The first-order valence-corrected chi connectivity index (χ1v) is 5.34. The Bertz CT molecular complexity index is 488. The van der Waals surface area contributed by atoms with E-state index in [2.05, 4.69) is 20.1 Å². The maximum Gasteiger partial charge on any atom is 0.244 e. The maximum absolute atomic E-state index is 6.03. The first-order chi connectivity index (χ1) is 7.98. The molecule has 0 aromatic carbocycles. The Morgan fingerprint density at radius 1 is 1.29 bits per heavy atom. The van der Waals surface area contributed by atoms with Crippen molar-refractivity contribution in [2.45, 2.75) is 26.8 Å². The molecule has 1 unspecified atom stereocenters. The number of rotatable bonds is 2. The summed E-state index contributed by atoms with van der Waals surface area (Å²) in [7, 11) is 0. The van der Waals surface area contributed by atoms with Crippen LogP contribution in [0.4, 0.5) is 0 Å². The zero-order chi connectivity index (χ0) is 12.5. The van der Waals surface area contributed by atoms with Crippen LogP contribution in [0.2, 0.25) is 0 Å². The molecule has 6 nitrogen and oxygen atoms in total. The highest BCUT2D eigenvalue weighted by molar-refractivity contribution is 5.45. The molecular formula is C11H15N5O.